The maximum atomic E-state index is 12.6. The molecule has 0 amide bonds. The summed E-state index contributed by atoms with van der Waals surface area (Å²) < 4.78 is 37.9. The van der Waals surface area contributed by atoms with Gasteiger partial charge in [-0.3, -0.25) is 0 Å². The number of aryl methyl sites for hydroxylation is 1. The first-order valence-corrected chi connectivity index (χ1v) is 5.45. The molecule has 1 atom stereocenters. The Kier molecular flexibility index (Phi) is 4.24. The Morgan fingerprint density at radius 3 is 2.37 bits per heavy atom. The summed E-state index contributed by atoms with van der Waals surface area (Å²) >= 11 is 0. The monoisotopic (exact) mass is 273 g/mol. The minimum atomic E-state index is -4.47. The fraction of sp³-hybridized carbons (Fsp3) is 0.308. The molecule has 0 saturated carbocycles. The first-order valence-electron chi connectivity index (χ1n) is 5.45. The molecule has 19 heavy (non-hydrogen) atoms. The van der Waals surface area contributed by atoms with Crippen molar-refractivity contribution in [2.75, 3.05) is 5.32 Å². The van der Waals surface area contributed by atoms with Gasteiger partial charge in [0.15, 0.2) is 0 Å². The smallest absolute Gasteiger partial charge is 0.416 e. The van der Waals surface area contributed by atoms with Gasteiger partial charge in [0.25, 0.3) is 0 Å². The molecule has 0 aliphatic carbocycles. The van der Waals surface area contributed by atoms with Crippen molar-refractivity contribution in [2.45, 2.75) is 26.1 Å². The van der Waals surface area contributed by atoms with Crippen molar-refractivity contribution in [3.8, 4) is 0 Å². The minimum Gasteiger partial charge on any atom is -0.479 e. The van der Waals surface area contributed by atoms with Gasteiger partial charge < -0.3 is 10.4 Å². The van der Waals surface area contributed by atoms with E-state index >= 15 is 0 Å². The van der Waals surface area contributed by atoms with Crippen molar-refractivity contribution in [1.29, 1.82) is 0 Å². The molecule has 0 bridgehead atoms. The minimum absolute atomic E-state index is 0.0997. The highest BCUT2D eigenvalue weighted by Gasteiger charge is 2.31. The Hall–Kier alpha value is -1.98. The lowest BCUT2D eigenvalue weighted by molar-refractivity contribution is -0.138. The number of anilines is 1. The Morgan fingerprint density at radius 1 is 1.37 bits per heavy atom. The topological polar surface area (TPSA) is 49.3 Å². The second kappa shape index (κ2) is 5.34. The summed E-state index contributed by atoms with van der Waals surface area (Å²) in [5.41, 5.74) is -0.0191. The Morgan fingerprint density at radius 2 is 1.95 bits per heavy atom. The summed E-state index contributed by atoms with van der Waals surface area (Å²) in [4.78, 5) is 11.0. The Bertz CT molecular complexity index is 495. The van der Waals surface area contributed by atoms with Gasteiger partial charge in [-0.25, -0.2) is 4.79 Å². The van der Waals surface area contributed by atoms with E-state index in [1.165, 1.54) is 19.9 Å². The lowest BCUT2D eigenvalue weighted by Crippen LogP contribution is -2.30. The molecule has 3 nitrogen and oxygen atoms in total. The largest absolute Gasteiger partial charge is 0.479 e. The van der Waals surface area contributed by atoms with Crippen LogP contribution in [0.25, 0.3) is 0 Å². The molecule has 1 rings (SSSR count). The van der Waals surface area contributed by atoms with Crippen LogP contribution in [-0.4, -0.2) is 17.1 Å². The van der Waals surface area contributed by atoms with Gasteiger partial charge in [-0.15, -0.1) is 0 Å². The van der Waals surface area contributed by atoms with E-state index in [1.807, 2.05) is 0 Å². The Labute approximate surface area is 108 Å². The SMILES string of the molecule is C=C(C)[C@H](Nc1cc(C)cc(C(F)(F)F)c1)C(=O)O. The van der Waals surface area contributed by atoms with Crippen LogP contribution < -0.4 is 5.32 Å². The van der Waals surface area contributed by atoms with Crippen molar-refractivity contribution < 1.29 is 23.1 Å². The second-order valence-electron chi connectivity index (χ2n) is 4.35. The number of alkyl halides is 3. The summed E-state index contributed by atoms with van der Waals surface area (Å²) in [6.07, 6.45) is -4.47. The van der Waals surface area contributed by atoms with Crippen LogP contribution in [0.2, 0.25) is 0 Å². The number of aliphatic carboxylic acids is 1. The quantitative estimate of drug-likeness (QED) is 0.826. The molecule has 0 aliphatic heterocycles. The third-order valence-corrected chi connectivity index (χ3v) is 2.46. The molecule has 0 unspecified atom stereocenters. The fourth-order valence-electron chi connectivity index (χ4n) is 1.59. The van der Waals surface area contributed by atoms with Gasteiger partial charge in [-0.2, -0.15) is 13.2 Å². The first kappa shape index (κ1) is 15.1. The van der Waals surface area contributed by atoms with Crippen LogP contribution >= 0.6 is 0 Å². The number of carboxylic acid groups (broad SMARTS) is 1. The van der Waals surface area contributed by atoms with Crippen molar-refractivity contribution in [1.82, 2.24) is 0 Å². The molecule has 0 heterocycles. The highest BCUT2D eigenvalue weighted by Crippen LogP contribution is 2.32. The van der Waals surface area contributed by atoms with Crippen molar-refractivity contribution in [3.05, 3.63) is 41.5 Å². The van der Waals surface area contributed by atoms with Crippen molar-refractivity contribution in [3.63, 3.8) is 0 Å². The van der Waals surface area contributed by atoms with E-state index in [4.69, 9.17) is 5.11 Å². The van der Waals surface area contributed by atoms with E-state index in [2.05, 4.69) is 11.9 Å². The van der Waals surface area contributed by atoms with E-state index in [-0.39, 0.29) is 5.69 Å². The fourth-order valence-corrected chi connectivity index (χ4v) is 1.59. The number of rotatable bonds is 4. The molecular weight excluding hydrogens is 259 g/mol. The van der Waals surface area contributed by atoms with Gasteiger partial charge in [-0.1, -0.05) is 6.58 Å². The maximum absolute atomic E-state index is 12.6. The van der Waals surface area contributed by atoms with E-state index in [0.29, 0.717) is 11.1 Å². The number of nitrogens with one attached hydrogen (secondary N) is 1. The molecule has 104 valence electrons. The molecule has 0 saturated heterocycles. The third-order valence-electron chi connectivity index (χ3n) is 2.46. The molecule has 1 aromatic carbocycles. The van der Waals surface area contributed by atoms with Gasteiger partial charge in [0.2, 0.25) is 0 Å². The van der Waals surface area contributed by atoms with Crippen LogP contribution in [0.15, 0.2) is 30.4 Å². The highest BCUT2D eigenvalue weighted by molar-refractivity contribution is 5.81. The standard InChI is InChI=1S/C13H14F3NO2/c1-7(2)11(12(18)19)17-10-5-8(3)4-9(6-10)13(14,15)16/h4-6,11,17H,1H2,2-3H3,(H,18,19)/t11-/m0/s1. The van der Waals surface area contributed by atoms with E-state index in [1.54, 1.807) is 0 Å². The van der Waals surface area contributed by atoms with Crippen LogP contribution in [0.5, 0.6) is 0 Å². The van der Waals surface area contributed by atoms with Gasteiger partial charge >= 0.3 is 12.1 Å². The van der Waals surface area contributed by atoms with E-state index in [0.717, 1.165) is 12.1 Å². The van der Waals surface area contributed by atoms with Gasteiger partial charge in [0.05, 0.1) is 5.56 Å². The number of hydrogen-bond acceptors (Lipinski definition) is 2. The van der Waals surface area contributed by atoms with Crippen LogP contribution in [0.4, 0.5) is 18.9 Å². The maximum Gasteiger partial charge on any atom is 0.416 e. The van der Waals surface area contributed by atoms with Gasteiger partial charge in [0, 0.05) is 5.69 Å². The lowest BCUT2D eigenvalue weighted by Gasteiger charge is -2.17. The lowest BCUT2D eigenvalue weighted by atomic mass is 10.1. The van der Waals surface area contributed by atoms with E-state index < -0.39 is 23.8 Å². The first-order chi connectivity index (χ1) is 8.61. The zero-order chi connectivity index (χ0) is 14.8. The summed E-state index contributed by atoms with van der Waals surface area (Å²) in [5.74, 6) is -1.19. The summed E-state index contributed by atoms with van der Waals surface area (Å²) in [6, 6.07) is 2.21. The van der Waals surface area contributed by atoms with Crippen LogP contribution in [0.1, 0.15) is 18.1 Å². The van der Waals surface area contributed by atoms with Crippen LogP contribution in [0.3, 0.4) is 0 Å². The summed E-state index contributed by atoms with van der Waals surface area (Å²) in [5, 5.41) is 11.5. The van der Waals surface area contributed by atoms with Crippen molar-refractivity contribution >= 4 is 11.7 Å². The molecule has 0 spiro atoms. The molecule has 1 aromatic rings. The normalized spacial score (nSPS) is 12.9. The average molecular weight is 273 g/mol. The number of hydrogen-bond donors (Lipinski definition) is 2. The molecule has 6 heteroatoms. The van der Waals surface area contributed by atoms with Gasteiger partial charge in [-0.05, 0) is 43.2 Å². The summed E-state index contributed by atoms with van der Waals surface area (Å²) in [7, 11) is 0. The number of carboxylic acids is 1. The molecule has 2 N–H and O–H groups in total. The predicted molar refractivity (Wildman–Crippen MR) is 66.0 cm³/mol. The number of halogens is 3. The molecular formula is C13H14F3NO2. The number of benzene rings is 1. The van der Waals surface area contributed by atoms with Crippen LogP contribution in [-0.2, 0) is 11.0 Å². The number of carbonyl (C=O) groups is 1. The second-order valence-corrected chi connectivity index (χ2v) is 4.35. The highest BCUT2D eigenvalue weighted by atomic mass is 19.4. The van der Waals surface area contributed by atoms with Crippen molar-refractivity contribution in [2.24, 2.45) is 0 Å². The predicted octanol–water partition coefficient (Wildman–Crippen LogP) is 3.46. The molecule has 0 fully saturated rings. The molecule has 0 aliphatic rings. The Balaban J connectivity index is 3.11. The average Bonchev–Trinajstić information content (AvgIpc) is 2.23. The zero-order valence-corrected chi connectivity index (χ0v) is 10.5. The van der Waals surface area contributed by atoms with Gasteiger partial charge in [0.1, 0.15) is 6.04 Å². The molecule has 0 radical (unpaired) electrons. The zero-order valence-electron chi connectivity index (χ0n) is 10.5. The van der Waals surface area contributed by atoms with E-state index in [9.17, 15) is 18.0 Å². The third kappa shape index (κ3) is 4.01. The summed E-state index contributed by atoms with van der Waals surface area (Å²) in [6.45, 7) is 6.50. The molecule has 0 aromatic heterocycles. The van der Waals surface area contributed by atoms with Crippen LogP contribution in [0, 0.1) is 6.92 Å².